The molecule has 406 valence electrons. The lowest BCUT2D eigenvalue weighted by Crippen LogP contribution is -2.47. The van der Waals surface area contributed by atoms with Crippen molar-refractivity contribution in [1.82, 2.24) is 14.7 Å². The van der Waals surface area contributed by atoms with Crippen LogP contribution in [0.25, 0.3) is 0 Å². The quantitative estimate of drug-likeness (QED) is 0.0271. The normalized spacial score (nSPS) is 14.5. The van der Waals surface area contributed by atoms with E-state index in [0.29, 0.717) is 46.0 Å². The second-order valence-electron chi connectivity index (χ2n) is 15.8. The number of benzene rings is 3. The van der Waals surface area contributed by atoms with E-state index in [0.717, 1.165) is 77.3 Å². The second kappa shape index (κ2) is 33.4. The van der Waals surface area contributed by atoms with E-state index in [1.54, 1.807) is 26.3 Å². The number of nitrogens with one attached hydrogen (secondary N) is 1. The summed E-state index contributed by atoms with van der Waals surface area (Å²) in [7, 11) is -0.833. The summed E-state index contributed by atoms with van der Waals surface area (Å²) in [5.41, 5.74) is 4.04. The van der Waals surface area contributed by atoms with E-state index in [2.05, 4.69) is 42.3 Å². The molecule has 2 atom stereocenters. The molecule has 0 fully saturated rings. The third-order valence-corrected chi connectivity index (χ3v) is 13.2. The van der Waals surface area contributed by atoms with Crippen LogP contribution in [0.15, 0.2) is 69.3 Å². The van der Waals surface area contributed by atoms with Crippen molar-refractivity contribution in [3.8, 4) is 5.75 Å². The molecule has 4 aromatic rings. The number of carbonyl (C=O) groups excluding carboxylic acids is 3. The lowest BCUT2D eigenvalue weighted by Gasteiger charge is -2.35. The lowest BCUT2D eigenvalue weighted by atomic mass is 10.0. The molecular weight excluding hydrogens is 1120 g/mol. The Morgan fingerprint density at radius 1 is 1.05 bits per heavy atom. The summed E-state index contributed by atoms with van der Waals surface area (Å²) in [6, 6.07) is 16.0. The first kappa shape index (κ1) is 65.5. The second-order valence-corrected chi connectivity index (χ2v) is 23.5. The van der Waals surface area contributed by atoms with Crippen LogP contribution in [0.1, 0.15) is 44.7 Å². The summed E-state index contributed by atoms with van der Waals surface area (Å²) < 4.78 is 42.8. The standard InChI is InChI=1S/C15H15ClFN3O3S2.C14H20ClNO2.C11H11Cl2NO2.C3H8NO5P.C3H9S/c1-23-13(21)8-24-12-7-11(10(17)6-9(12)16)18-14-19-4-2-3-5-20(19)15(22)25-14;1-4-11-7-6-8-12(5-2)14(11)16(10-18-3)13(17)9-15;1-7-6-16-9-5-3-2-4-8(9)14(7)11(15)10(12)13;5-3(6)1-4-2-10(7,8)9;1-4(2)3/h6-7H,2-5,8H2,1H3;6-8H,4-5,9-10H2,1-3H3;2-5,7,10H,6H2,1H3;4H,1-2H2,(H,5,6)(H2,7,8,9);1-3H3/q;;;;+1/p-1. The van der Waals surface area contributed by atoms with E-state index in [-0.39, 0.29) is 51.8 Å². The number of halogens is 5. The average Bonchev–Trinajstić information content (AvgIpc) is 3.66. The number of esters is 1. The number of hydrogen-bond donors (Lipinski definition) is 3. The number of thioether (sulfide) groups is 1. The number of carboxylic acid groups (broad SMARTS) is 1. The minimum Gasteiger partial charge on any atom is -0.778 e. The van der Waals surface area contributed by atoms with Gasteiger partial charge in [0.2, 0.25) is 10.7 Å². The van der Waals surface area contributed by atoms with Gasteiger partial charge in [0.25, 0.3) is 5.91 Å². The summed E-state index contributed by atoms with van der Waals surface area (Å²) in [5, 5.41) is 10.2. The van der Waals surface area contributed by atoms with Crippen LogP contribution < -0.4 is 34.4 Å². The number of methoxy groups -OCH3 is 2. The fourth-order valence-corrected chi connectivity index (χ4v) is 9.24. The highest BCUT2D eigenvalue weighted by Gasteiger charge is 2.32. The minimum absolute atomic E-state index is 0.0371. The van der Waals surface area contributed by atoms with Gasteiger partial charge in [-0.3, -0.25) is 38.9 Å². The van der Waals surface area contributed by atoms with E-state index < -0.39 is 43.0 Å². The molecule has 27 heteroatoms. The SMILES string of the molecule is CC1COc2ccccc2N1C(=O)C(Cl)Cl.CCc1cccc(CC)c1N(COC)C(=O)CCl.COC(=O)CSc1cc(N=c2sc(=O)n3n2CCCC3)c(F)cc1Cl.C[S+](C)C.O=C(O)CNCP(=O)([O-])O. The average molecular weight is 1180 g/mol. The van der Waals surface area contributed by atoms with E-state index in [4.69, 9.17) is 65.9 Å². The predicted molar refractivity (Wildman–Crippen MR) is 290 cm³/mol. The van der Waals surface area contributed by atoms with Crippen molar-refractivity contribution >= 4 is 129 Å². The Labute approximate surface area is 455 Å². The monoisotopic (exact) mass is 1180 g/mol. The van der Waals surface area contributed by atoms with Crippen LogP contribution >= 0.6 is 77.1 Å². The highest BCUT2D eigenvalue weighted by atomic mass is 35.5. The zero-order valence-electron chi connectivity index (χ0n) is 41.6. The van der Waals surface area contributed by atoms with E-state index in [1.165, 1.54) is 13.2 Å². The van der Waals surface area contributed by atoms with Crippen LogP contribution in [0, 0.1) is 5.82 Å². The van der Waals surface area contributed by atoms with Gasteiger partial charge in [-0.25, -0.2) is 14.1 Å². The first-order valence-corrected chi connectivity index (χ1v) is 30.0. The van der Waals surface area contributed by atoms with Crippen LogP contribution in [0.4, 0.5) is 21.5 Å². The smallest absolute Gasteiger partial charge is 0.325 e. The first-order valence-electron chi connectivity index (χ1n) is 22.2. The molecule has 0 aliphatic carbocycles. The van der Waals surface area contributed by atoms with Crippen LogP contribution in [0.5, 0.6) is 5.75 Å². The molecule has 3 aromatic carbocycles. The molecule has 73 heavy (non-hydrogen) atoms. The van der Waals surface area contributed by atoms with Crippen LogP contribution in [0.2, 0.25) is 5.02 Å². The maximum Gasteiger partial charge on any atom is 0.325 e. The Kier molecular flexibility index (Phi) is 30.0. The third kappa shape index (κ3) is 22.2. The molecule has 0 spiro atoms. The third-order valence-electron chi connectivity index (χ3n) is 9.65. The van der Waals surface area contributed by atoms with Gasteiger partial charge in [0.15, 0.2) is 4.84 Å². The maximum absolute atomic E-state index is 14.3. The number of rotatable bonds is 15. The molecule has 3 heterocycles. The summed E-state index contributed by atoms with van der Waals surface area (Å²) in [6.45, 7) is 7.57. The van der Waals surface area contributed by atoms with Crippen molar-refractivity contribution in [1.29, 1.82) is 0 Å². The molecule has 2 unspecified atom stereocenters. The van der Waals surface area contributed by atoms with Crippen LogP contribution in [0.3, 0.4) is 0 Å². The van der Waals surface area contributed by atoms with E-state index >= 15 is 0 Å². The number of anilines is 2. The number of fused-ring (bicyclic) bond motifs is 2. The molecule has 0 bridgehead atoms. The molecule has 2 aliphatic heterocycles. The summed E-state index contributed by atoms with van der Waals surface area (Å²) in [5.74, 6) is -1.89. The van der Waals surface area contributed by atoms with Gasteiger partial charge in [-0.1, -0.05) is 79.0 Å². The summed E-state index contributed by atoms with van der Waals surface area (Å²) in [6.07, 6.45) is 9.52. The number of aromatic nitrogens is 2. The molecule has 0 saturated heterocycles. The van der Waals surface area contributed by atoms with Gasteiger partial charge >= 0.3 is 16.8 Å². The Morgan fingerprint density at radius 2 is 1.66 bits per heavy atom. The number of hydrogen-bond acceptors (Lipinski definition) is 14. The van der Waals surface area contributed by atoms with Gasteiger partial charge < -0.3 is 38.6 Å². The van der Waals surface area contributed by atoms with Crippen molar-refractivity contribution in [2.75, 3.05) is 80.6 Å². The zero-order chi connectivity index (χ0) is 55.0. The first-order chi connectivity index (χ1) is 34.4. The number of carboxylic acids is 1. The number of carbonyl (C=O) groups is 4. The maximum atomic E-state index is 14.3. The van der Waals surface area contributed by atoms with Crippen molar-refractivity contribution in [3.05, 3.63) is 91.0 Å². The predicted octanol–water partition coefficient (Wildman–Crippen LogP) is 7.04. The fraction of sp³-hybridized carbons (Fsp3) is 0.478. The van der Waals surface area contributed by atoms with Crippen molar-refractivity contribution in [2.24, 2.45) is 4.99 Å². The zero-order valence-corrected chi connectivity index (χ0v) is 48.0. The fourth-order valence-electron chi connectivity index (χ4n) is 6.50. The van der Waals surface area contributed by atoms with Gasteiger partial charge in [-0.2, -0.15) is 0 Å². The largest absolute Gasteiger partial charge is 0.778 e. The van der Waals surface area contributed by atoms with Crippen molar-refractivity contribution in [2.45, 2.75) is 75.3 Å². The number of nitrogens with zero attached hydrogens (tertiary/aromatic N) is 5. The number of alkyl halides is 3. The summed E-state index contributed by atoms with van der Waals surface area (Å²) >= 11 is 25.1. The number of ether oxygens (including phenoxy) is 3. The minimum atomic E-state index is -4.35. The van der Waals surface area contributed by atoms with Crippen LogP contribution in [-0.4, -0.2) is 125 Å². The lowest BCUT2D eigenvalue weighted by molar-refractivity contribution is -0.193. The highest BCUT2D eigenvalue weighted by molar-refractivity contribution is 8.00. The van der Waals surface area contributed by atoms with Gasteiger partial charge in [-0.15, -0.1) is 23.4 Å². The molecule has 0 radical (unpaired) electrons. The Balaban J connectivity index is 0.000000339. The number of aryl methyl sites for hydroxylation is 2. The van der Waals surface area contributed by atoms with E-state index in [9.17, 15) is 37.8 Å². The molecule has 0 saturated carbocycles. The molecule has 2 aliphatic rings. The molecule has 18 nitrogen and oxygen atoms in total. The topological polar surface area (TPSA) is 234 Å². The molecule has 2 amide bonds. The van der Waals surface area contributed by atoms with Crippen molar-refractivity contribution in [3.63, 3.8) is 0 Å². The van der Waals surface area contributed by atoms with Gasteiger partial charge in [0.05, 0.1) is 66.9 Å². The molecule has 1 aromatic heterocycles. The highest BCUT2D eigenvalue weighted by Crippen LogP contribution is 2.35. The Bertz CT molecular complexity index is 2600. The van der Waals surface area contributed by atoms with Gasteiger partial charge in [0, 0.05) is 25.1 Å². The number of aliphatic carboxylic acids is 1. The Morgan fingerprint density at radius 3 is 2.19 bits per heavy atom. The number of para-hydroxylation sites is 3. The molecule has 3 N–H and O–H groups in total. The molecule has 6 rings (SSSR count). The molecular formula is C46H62Cl4FN6O12PS3. The van der Waals surface area contributed by atoms with E-state index in [1.807, 2.05) is 54.7 Å². The summed E-state index contributed by atoms with van der Waals surface area (Å²) in [4.78, 5) is 82.3. The van der Waals surface area contributed by atoms with Gasteiger partial charge in [0.1, 0.15) is 44.1 Å². The van der Waals surface area contributed by atoms with Gasteiger partial charge in [-0.05, 0) is 90.2 Å². The van der Waals surface area contributed by atoms with Crippen molar-refractivity contribution < 1.29 is 57.2 Å². The number of amides is 2. The Hall–Kier alpha value is -3.64. The van der Waals surface area contributed by atoms with Crippen LogP contribution in [-0.2, 0) is 70.0 Å².